The molecule has 1 atom stereocenters. The first-order valence-corrected chi connectivity index (χ1v) is 12.0. The molecule has 0 saturated heterocycles. The minimum absolute atomic E-state index is 0. The number of benzene rings is 3. The highest BCUT2D eigenvalue weighted by molar-refractivity contribution is 6.12. The number of para-hydroxylation sites is 1. The smallest absolute Gasteiger partial charge is 0.326 e. The largest absolute Gasteiger partial charge is 0.492 e. The van der Waals surface area contributed by atoms with Gasteiger partial charge in [-0.3, -0.25) is 4.79 Å². The predicted octanol–water partition coefficient (Wildman–Crippen LogP) is 4.11. The molecule has 0 aliphatic rings. The quantitative estimate of drug-likeness (QED) is 0.273. The lowest BCUT2D eigenvalue weighted by Gasteiger charge is -2.19. The van der Waals surface area contributed by atoms with Gasteiger partial charge in [-0.25, -0.2) is 9.78 Å². The highest BCUT2D eigenvalue weighted by Crippen LogP contribution is 2.22. The van der Waals surface area contributed by atoms with Crippen LogP contribution in [0.4, 0.5) is 11.5 Å². The second kappa shape index (κ2) is 13.6. The maximum absolute atomic E-state index is 13.0. The summed E-state index contributed by atoms with van der Waals surface area (Å²) in [6.45, 7) is 1.16. The maximum atomic E-state index is 13.0. The number of carboxylic acids is 1. The molecule has 38 heavy (non-hydrogen) atoms. The number of carbonyl (C=O) groups is 2. The van der Waals surface area contributed by atoms with Crippen molar-refractivity contribution in [3.8, 4) is 5.75 Å². The Morgan fingerprint density at radius 1 is 0.921 bits per heavy atom. The second-order valence-electron chi connectivity index (χ2n) is 8.58. The van der Waals surface area contributed by atoms with E-state index in [1.165, 1.54) is 0 Å². The summed E-state index contributed by atoms with van der Waals surface area (Å²) in [5, 5.41) is 12.9. The van der Waals surface area contributed by atoms with Gasteiger partial charge in [-0.05, 0) is 42.0 Å². The summed E-state index contributed by atoms with van der Waals surface area (Å²) in [5.74, 6) is 0.417. The van der Waals surface area contributed by atoms with Gasteiger partial charge in [-0.2, -0.15) is 0 Å². The molecule has 0 amide bonds. The summed E-state index contributed by atoms with van der Waals surface area (Å²) in [6.07, 6.45) is 2.00. The van der Waals surface area contributed by atoms with Crippen LogP contribution in [0.15, 0.2) is 103 Å². The fourth-order valence-corrected chi connectivity index (χ4v) is 3.89. The van der Waals surface area contributed by atoms with E-state index in [2.05, 4.69) is 10.3 Å². The molecule has 1 unspecified atom stereocenters. The minimum atomic E-state index is -1.00. The fourth-order valence-electron chi connectivity index (χ4n) is 3.89. The number of nitrogens with zero attached hydrogens (tertiary/aromatic N) is 2. The van der Waals surface area contributed by atoms with Crippen LogP contribution in [0.25, 0.3) is 0 Å². The van der Waals surface area contributed by atoms with Crippen molar-refractivity contribution < 1.29 is 24.9 Å². The summed E-state index contributed by atoms with van der Waals surface area (Å²) in [4.78, 5) is 31.4. The molecule has 4 rings (SSSR count). The zero-order valence-electron chi connectivity index (χ0n) is 21.1. The molecular weight excluding hydrogens is 482 g/mol. The van der Waals surface area contributed by atoms with Gasteiger partial charge in [0.15, 0.2) is 5.78 Å². The number of hydrogen-bond donors (Lipinski definition) is 2. The average Bonchev–Trinajstić information content (AvgIpc) is 2.94. The first-order valence-electron chi connectivity index (χ1n) is 12.0. The van der Waals surface area contributed by atoms with Gasteiger partial charge < -0.3 is 25.5 Å². The third kappa shape index (κ3) is 7.41. The number of pyridine rings is 1. The minimum Gasteiger partial charge on any atom is -0.492 e. The van der Waals surface area contributed by atoms with Crippen LogP contribution in [0.3, 0.4) is 0 Å². The maximum Gasteiger partial charge on any atom is 0.326 e. The van der Waals surface area contributed by atoms with Gasteiger partial charge in [0.05, 0.1) is 6.54 Å². The van der Waals surface area contributed by atoms with Crippen LogP contribution in [-0.2, 0) is 11.2 Å². The molecule has 8 heteroatoms. The van der Waals surface area contributed by atoms with Crippen molar-refractivity contribution in [1.29, 1.82) is 0 Å². The summed E-state index contributed by atoms with van der Waals surface area (Å²) >= 11 is 0. The number of ketones is 1. The van der Waals surface area contributed by atoms with Crippen molar-refractivity contribution in [3.05, 3.63) is 120 Å². The summed E-state index contributed by atoms with van der Waals surface area (Å²) in [5.41, 5.74) is 2.30. The SMILES string of the molecule is CN(CCOc1ccc(CC(Nc2ccccc2C(=O)c2ccccc2)C(=O)O)cc1)c1ccccn1.O. The molecule has 0 fully saturated rings. The molecular formula is C30H31N3O5. The molecule has 196 valence electrons. The molecule has 0 bridgehead atoms. The molecule has 1 aromatic heterocycles. The van der Waals surface area contributed by atoms with Gasteiger partial charge in [0.1, 0.15) is 24.2 Å². The highest BCUT2D eigenvalue weighted by Gasteiger charge is 2.21. The number of rotatable bonds is 12. The van der Waals surface area contributed by atoms with Crippen LogP contribution < -0.4 is 15.0 Å². The average molecular weight is 514 g/mol. The van der Waals surface area contributed by atoms with Crippen molar-refractivity contribution in [2.75, 3.05) is 30.4 Å². The Bertz CT molecular complexity index is 1310. The lowest BCUT2D eigenvalue weighted by atomic mass is 10.00. The topological polar surface area (TPSA) is 123 Å². The Kier molecular flexibility index (Phi) is 9.96. The Morgan fingerprint density at radius 3 is 2.29 bits per heavy atom. The van der Waals surface area contributed by atoms with Crippen LogP contribution in [-0.4, -0.2) is 53.6 Å². The normalized spacial score (nSPS) is 11.1. The predicted molar refractivity (Wildman–Crippen MR) is 148 cm³/mol. The van der Waals surface area contributed by atoms with Crippen LogP contribution in [0.1, 0.15) is 21.5 Å². The molecule has 0 spiro atoms. The molecule has 0 aliphatic carbocycles. The summed E-state index contributed by atoms with van der Waals surface area (Å²) < 4.78 is 5.85. The summed E-state index contributed by atoms with van der Waals surface area (Å²) in [6, 6.07) is 28.1. The van der Waals surface area contributed by atoms with Gasteiger partial charge >= 0.3 is 5.97 Å². The molecule has 4 aromatic rings. The van der Waals surface area contributed by atoms with E-state index in [4.69, 9.17) is 4.74 Å². The second-order valence-corrected chi connectivity index (χ2v) is 8.58. The van der Waals surface area contributed by atoms with Gasteiger partial charge in [0.2, 0.25) is 0 Å². The van der Waals surface area contributed by atoms with Crippen molar-refractivity contribution in [2.24, 2.45) is 0 Å². The van der Waals surface area contributed by atoms with Crippen LogP contribution in [0, 0.1) is 0 Å². The highest BCUT2D eigenvalue weighted by atomic mass is 16.5. The standard InChI is InChI=1S/C30H29N3O4.H2O/c1-33(28-13-7-8-18-31-28)19-20-37-24-16-14-22(15-17-24)21-27(30(35)36)32-26-12-6-5-11-25(26)29(34)23-9-3-2-4-10-23;/h2-18,27,32H,19-21H2,1H3,(H,35,36);1H2. The number of carbonyl (C=O) groups excluding carboxylic acids is 1. The van der Waals surface area contributed by atoms with Gasteiger partial charge in [0.25, 0.3) is 0 Å². The number of anilines is 2. The molecule has 0 saturated carbocycles. The van der Waals surface area contributed by atoms with Gasteiger partial charge in [-0.15, -0.1) is 0 Å². The van der Waals surface area contributed by atoms with E-state index >= 15 is 0 Å². The van der Waals surface area contributed by atoms with Crippen LogP contribution in [0.5, 0.6) is 5.75 Å². The van der Waals surface area contributed by atoms with Crippen LogP contribution >= 0.6 is 0 Å². The molecule has 8 nitrogen and oxygen atoms in total. The lowest BCUT2D eigenvalue weighted by molar-refractivity contribution is -0.137. The van der Waals surface area contributed by atoms with Crippen molar-refractivity contribution in [2.45, 2.75) is 12.5 Å². The number of aliphatic carboxylic acids is 1. The number of likely N-dealkylation sites (N-methyl/N-ethyl adjacent to an activating group) is 1. The molecule has 3 aromatic carbocycles. The van der Waals surface area contributed by atoms with E-state index in [-0.39, 0.29) is 17.7 Å². The Hall–Kier alpha value is -4.69. The molecule has 4 N–H and O–H groups in total. The molecule has 0 aliphatic heterocycles. The fraction of sp³-hybridized carbons (Fsp3) is 0.167. The van der Waals surface area contributed by atoms with E-state index in [1.54, 1.807) is 54.7 Å². The summed E-state index contributed by atoms with van der Waals surface area (Å²) in [7, 11) is 1.96. The van der Waals surface area contributed by atoms with E-state index in [0.717, 1.165) is 11.4 Å². The van der Waals surface area contributed by atoms with E-state index < -0.39 is 12.0 Å². The number of ether oxygens (including phenoxy) is 1. The van der Waals surface area contributed by atoms with E-state index in [9.17, 15) is 14.7 Å². The lowest BCUT2D eigenvalue weighted by Crippen LogP contribution is -2.32. The van der Waals surface area contributed by atoms with Crippen molar-refractivity contribution >= 4 is 23.3 Å². The van der Waals surface area contributed by atoms with E-state index in [0.29, 0.717) is 35.7 Å². The number of aromatic nitrogens is 1. The number of carboxylic acid groups (broad SMARTS) is 1. The third-order valence-electron chi connectivity index (χ3n) is 5.93. The van der Waals surface area contributed by atoms with E-state index in [1.807, 2.05) is 60.5 Å². The number of nitrogens with one attached hydrogen (secondary N) is 1. The number of hydrogen-bond acceptors (Lipinski definition) is 6. The monoisotopic (exact) mass is 513 g/mol. The zero-order chi connectivity index (χ0) is 26.0. The van der Waals surface area contributed by atoms with Gasteiger partial charge in [-0.1, -0.05) is 60.7 Å². The third-order valence-corrected chi connectivity index (χ3v) is 5.93. The molecule has 1 heterocycles. The zero-order valence-corrected chi connectivity index (χ0v) is 21.1. The first-order chi connectivity index (χ1) is 18.0. The Labute approximate surface area is 221 Å². The van der Waals surface area contributed by atoms with Crippen molar-refractivity contribution in [1.82, 2.24) is 4.98 Å². The van der Waals surface area contributed by atoms with Crippen molar-refractivity contribution in [3.63, 3.8) is 0 Å². The Morgan fingerprint density at radius 2 is 1.61 bits per heavy atom. The first kappa shape index (κ1) is 27.9. The van der Waals surface area contributed by atoms with Crippen LogP contribution in [0.2, 0.25) is 0 Å². The van der Waals surface area contributed by atoms with Gasteiger partial charge in [0, 0.05) is 36.5 Å². The Balaban J connectivity index is 0.00000400. The molecule has 0 radical (unpaired) electrons.